The summed E-state index contributed by atoms with van der Waals surface area (Å²) >= 11 is 6.23. The molecule has 0 unspecified atom stereocenters. The van der Waals surface area contributed by atoms with E-state index in [9.17, 15) is 18.4 Å². The SMILES string of the molecule is O=C(Nc1cn([C@H]2CCN(CCN3CCOCC3)C2=O)nc1-c1cc(Cl)ccc1OC(F)F)c1cnn2cccnc12. The topological polar surface area (TPSA) is 119 Å². The smallest absolute Gasteiger partial charge is 0.387 e. The van der Waals surface area contributed by atoms with Crippen LogP contribution in [0.4, 0.5) is 14.5 Å². The number of morpholine rings is 1. The molecule has 2 amide bonds. The summed E-state index contributed by atoms with van der Waals surface area (Å²) in [6.07, 6.45) is 6.57. The molecule has 42 heavy (non-hydrogen) atoms. The van der Waals surface area contributed by atoms with Crippen molar-refractivity contribution in [3.8, 4) is 17.0 Å². The van der Waals surface area contributed by atoms with E-state index in [0.29, 0.717) is 38.4 Å². The van der Waals surface area contributed by atoms with Gasteiger partial charge in [0.1, 0.15) is 23.0 Å². The first-order chi connectivity index (χ1) is 20.4. The van der Waals surface area contributed by atoms with Crippen LogP contribution in [0.3, 0.4) is 0 Å². The van der Waals surface area contributed by atoms with E-state index < -0.39 is 18.6 Å². The van der Waals surface area contributed by atoms with Crippen molar-refractivity contribution in [1.82, 2.24) is 34.2 Å². The molecule has 6 rings (SSSR count). The third-order valence-electron chi connectivity index (χ3n) is 7.30. The van der Waals surface area contributed by atoms with E-state index in [-0.39, 0.29) is 39.2 Å². The molecule has 0 spiro atoms. The minimum Gasteiger partial charge on any atom is -0.434 e. The Bertz CT molecular complexity index is 1610. The van der Waals surface area contributed by atoms with Crippen LogP contribution in [0.1, 0.15) is 22.8 Å². The third kappa shape index (κ3) is 5.78. The predicted molar refractivity (Wildman–Crippen MR) is 148 cm³/mol. The number of amides is 2. The molecule has 2 saturated heterocycles. The molecule has 2 fully saturated rings. The normalized spacial score (nSPS) is 17.9. The van der Waals surface area contributed by atoms with Gasteiger partial charge in [0.2, 0.25) is 5.91 Å². The molecule has 2 aliphatic heterocycles. The zero-order chi connectivity index (χ0) is 29.2. The lowest BCUT2D eigenvalue weighted by Gasteiger charge is -2.28. The summed E-state index contributed by atoms with van der Waals surface area (Å²) in [7, 11) is 0. The van der Waals surface area contributed by atoms with Gasteiger partial charge in [-0.3, -0.25) is 19.2 Å². The summed E-state index contributed by atoms with van der Waals surface area (Å²) in [6.45, 7) is 1.72. The van der Waals surface area contributed by atoms with Crippen molar-refractivity contribution < 1.29 is 27.8 Å². The number of carbonyl (C=O) groups excluding carboxylic acids is 2. The van der Waals surface area contributed by atoms with E-state index in [0.717, 1.165) is 19.6 Å². The highest BCUT2D eigenvalue weighted by atomic mass is 35.5. The number of hydrogen-bond donors (Lipinski definition) is 1. The average molecular weight is 601 g/mol. The molecule has 2 aliphatic rings. The number of ether oxygens (including phenoxy) is 2. The van der Waals surface area contributed by atoms with Crippen LogP contribution in [0.15, 0.2) is 49.1 Å². The van der Waals surface area contributed by atoms with Crippen LogP contribution >= 0.6 is 11.6 Å². The lowest BCUT2D eigenvalue weighted by Crippen LogP contribution is -2.42. The van der Waals surface area contributed by atoms with Crippen LogP contribution in [0.5, 0.6) is 5.75 Å². The maximum atomic E-state index is 13.4. The standard InChI is InChI=1S/C27H27ClF2N8O4/c28-17-2-3-22(42-27(29)30)18(14-17)23-20(33-25(39)19-15-32-37-6-1-5-31-24(19)37)16-38(34-23)21-4-7-36(26(21)40)9-8-35-10-12-41-13-11-35/h1-3,5-6,14-16,21,27H,4,7-13H2,(H,33,39)/t21-/m0/s1. The second-order valence-electron chi connectivity index (χ2n) is 9.87. The number of nitrogens with zero attached hydrogens (tertiary/aromatic N) is 7. The molecule has 220 valence electrons. The van der Waals surface area contributed by atoms with E-state index in [1.54, 1.807) is 17.2 Å². The second-order valence-corrected chi connectivity index (χ2v) is 10.3. The molecule has 15 heteroatoms. The first kappa shape index (κ1) is 28.0. The Morgan fingerprint density at radius 2 is 2.05 bits per heavy atom. The highest BCUT2D eigenvalue weighted by Crippen LogP contribution is 2.38. The van der Waals surface area contributed by atoms with Crippen molar-refractivity contribution >= 4 is 34.7 Å². The second kappa shape index (κ2) is 12.0. The lowest BCUT2D eigenvalue weighted by atomic mass is 10.1. The molecule has 1 aromatic carbocycles. The van der Waals surface area contributed by atoms with Crippen LogP contribution in [-0.4, -0.2) is 98.5 Å². The van der Waals surface area contributed by atoms with Crippen LogP contribution in [0.2, 0.25) is 5.02 Å². The Balaban J connectivity index is 1.31. The average Bonchev–Trinajstić information content (AvgIpc) is 3.70. The summed E-state index contributed by atoms with van der Waals surface area (Å²) in [5.74, 6) is -0.845. The minimum absolute atomic E-state index is 0.114. The zero-order valence-corrected chi connectivity index (χ0v) is 23.1. The molecule has 3 aromatic heterocycles. The number of carbonyl (C=O) groups is 2. The number of anilines is 1. The van der Waals surface area contributed by atoms with Crippen molar-refractivity contribution in [2.24, 2.45) is 0 Å². The maximum absolute atomic E-state index is 13.4. The van der Waals surface area contributed by atoms with Gasteiger partial charge in [-0.05, 0) is 30.7 Å². The molecule has 1 atom stereocenters. The third-order valence-corrected chi connectivity index (χ3v) is 7.53. The monoisotopic (exact) mass is 600 g/mol. The Morgan fingerprint density at radius 1 is 1.21 bits per heavy atom. The molecular formula is C27H27ClF2N8O4. The number of halogens is 3. The summed E-state index contributed by atoms with van der Waals surface area (Å²) in [4.78, 5) is 35.1. The molecule has 0 aliphatic carbocycles. The number of likely N-dealkylation sites (tertiary alicyclic amines) is 1. The molecule has 0 bridgehead atoms. The Kier molecular flexibility index (Phi) is 8.00. The van der Waals surface area contributed by atoms with E-state index in [1.807, 2.05) is 0 Å². The maximum Gasteiger partial charge on any atom is 0.387 e. The number of hydrogen-bond acceptors (Lipinski definition) is 8. The van der Waals surface area contributed by atoms with Crippen molar-refractivity contribution in [3.63, 3.8) is 0 Å². The molecule has 5 heterocycles. The fourth-order valence-electron chi connectivity index (χ4n) is 5.18. The van der Waals surface area contributed by atoms with Gasteiger partial charge in [-0.1, -0.05) is 11.6 Å². The van der Waals surface area contributed by atoms with Crippen LogP contribution in [-0.2, 0) is 9.53 Å². The Morgan fingerprint density at radius 3 is 2.86 bits per heavy atom. The van der Waals surface area contributed by atoms with Gasteiger partial charge in [0.25, 0.3) is 5.91 Å². The highest BCUT2D eigenvalue weighted by molar-refractivity contribution is 6.31. The van der Waals surface area contributed by atoms with Crippen LogP contribution < -0.4 is 10.1 Å². The largest absolute Gasteiger partial charge is 0.434 e. The van der Waals surface area contributed by atoms with Gasteiger partial charge in [-0.2, -0.15) is 19.0 Å². The highest BCUT2D eigenvalue weighted by Gasteiger charge is 2.35. The Hall–Kier alpha value is -4.14. The summed E-state index contributed by atoms with van der Waals surface area (Å²) in [6, 6.07) is 5.17. The van der Waals surface area contributed by atoms with Gasteiger partial charge < -0.3 is 19.7 Å². The van der Waals surface area contributed by atoms with Gasteiger partial charge in [0.05, 0.1) is 31.3 Å². The number of benzene rings is 1. The van der Waals surface area contributed by atoms with Crippen molar-refractivity contribution in [2.45, 2.75) is 19.1 Å². The minimum atomic E-state index is -3.11. The molecule has 0 radical (unpaired) electrons. The van der Waals surface area contributed by atoms with E-state index in [1.165, 1.54) is 46.0 Å². The molecule has 12 nitrogen and oxygen atoms in total. The predicted octanol–water partition coefficient (Wildman–Crippen LogP) is 3.21. The lowest BCUT2D eigenvalue weighted by molar-refractivity contribution is -0.130. The van der Waals surface area contributed by atoms with Crippen LogP contribution in [0, 0.1) is 0 Å². The summed E-state index contributed by atoms with van der Waals surface area (Å²) < 4.78 is 39.6. The van der Waals surface area contributed by atoms with Gasteiger partial charge >= 0.3 is 6.61 Å². The fraction of sp³-hybridized carbons (Fsp3) is 0.370. The number of aromatic nitrogens is 5. The van der Waals surface area contributed by atoms with Gasteiger partial charge in [0.15, 0.2) is 5.65 Å². The number of fused-ring (bicyclic) bond motifs is 1. The summed E-state index contributed by atoms with van der Waals surface area (Å²) in [5.41, 5.74) is 0.942. The van der Waals surface area contributed by atoms with Gasteiger partial charge in [-0.25, -0.2) is 9.50 Å². The number of alkyl halides is 2. The van der Waals surface area contributed by atoms with E-state index in [4.69, 9.17) is 21.1 Å². The molecule has 1 N–H and O–H groups in total. The zero-order valence-electron chi connectivity index (χ0n) is 22.3. The van der Waals surface area contributed by atoms with Crippen molar-refractivity contribution in [1.29, 1.82) is 0 Å². The van der Waals surface area contributed by atoms with Gasteiger partial charge in [0, 0.05) is 55.7 Å². The number of rotatable bonds is 9. The van der Waals surface area contributed by atoms with Crippen molar-refractivity contribution in [2.75, 3.05) is 51.3 Å². The van der Waals surface area contributed by atoms with E-state index in [2.05, 4.69) is 25.4 Å². The quantitative estimate of drug-likeness (QED) is 0.311. The number of nitrogens with one attached hydrogen (secondary N) is 1. The van der Waals surface area contributed by atoms with Crippen LogP contribution in [0.25, 0.3) is 16.9 Å². The first-order valence-corrected chi connectivity index (χ1v) is 13.8. The fourth-order valence-corrected chi connectivity index (χ4v) is 5.35. The molecule has 4 aromatic rings. The Labute approximate surface area is 243 Å². The van der Waals surface area contributed by atoms with E-state index >= 15 is 0 Å². The van der Waals surface area contributed by atoms with Crippen molar-refractivity contribution in [3.05, 3.63) is 59.6 Å². The molecule has 0 saturated carbocycles. The molecular weight excluding hydrogens is 574 g/mol. The first-order valence-electron chi connectivity index (χ1n) is 13.4. The summed E-state index contributed by atoms with van der Waals surface area (Å²) in [5, 5.41) is 11.8. The van der Waals surface area contributed by atoms with Gasteiger partial charge in [-0.15, -0.1) is 0 Å².